The summed E-state index contributed by atoms with van der Waals surface area (Å²) < 4.78 is 11.5. The molecule has 0 aliphatic rings. The Morgan fingerprint density at radius 1 is 1.50 bits per heavy atom. The molecule has 1 atom stereocenters. The van der Waals surface area contributed by atoms with Gasteiger partial charge in [-0.2, -0.15) is 0 Å². The zero-order chi connectivity index (χ0) is 10.6. The monoisotopic (exact) mass is 231 g/mol. The van der Waals surface area contributed by atoms with Crippen molar-refractivity contribution < 1.29 is 4.21 Å². The maximum Gasteiger partial charge on any atom is 0.0520 e. The Morgan fingerprint density at radius 3 is 2.79 bits per heavy atom. The maximum absolute atomic E-state index is 11.5. The summed E-state index contributed by atoms with van der Waals surface area (Å²) in [7, 11) is -0.856. The molecular formula is C10H14ClNOS. The molecule has 0 aliphatic carbocycles. The van der Waals surface area contributed by atoms with E-state index in [4.69, 9.17) is 17.3 Å². The number of hydrogen-bond donors (Lipinski definition) is 1. The van der Waals surface area contributed by atoms with Crippen LogP contribution in [-0.4, -0.2) is 9.96 Å². The van der Waals surface area contributed by atoms with Crippen molar-refractivity contribution in [2.75, 3.05) is 11.5 Å². The Morgan fingerprint density at radius 2 is 2.21 bits per heavy atom. The Kier molecular flexibility index (Phi) is 4.42. The van der Waals surface area contributed by atoms with E-state index >= 15 is 0 Å². The van der Waals surface area contributed by atoms with Gasteiger partial charge in [-0.05, 0) is 18.6 Å². The van der Waals surface area contributed by atoms with Crippen LogP contribution in [0.25, 0.3) is 0 Å². The van der Waals surface area contributed by atoms with Gasteiger partial charge in [0.2, 0.25) is 0 Å². The van der Waals surface area contributed by atoms with Gasteiger partial charge in [0.25, 0.3) is 0 Å². The van der Waals surface area contributed by atoms with Gasteiger partial charge in [0, 0.05) is 32.8 Å². The normalized spacial score (nSPS) is 12.7. The summed E-state index contributed by atoms with van der Waals surface area (Å²) in [5, 5.41) is 0.606. The lowest BCUT2D eigenvalue weighted by Crippen LogP contribution is -2.03. The van der Waals surface area contributed by atoms with Crippen LogP contribution in [0.15, 0.2) is 18.2 Å². The topological polar surface area (TPSA) is 43.1 Å². The molecule has 0 aliphatic heterocycles. The molecule has 0 aromatic heterocycles. The molecular weight excluding hydrogens is 218 g/mol. The summed E-state index contributed by atoms with van der Waals surface area (Å²) in [5.74, 6) is 1.16. The third kappa shape index (κ3) is 3.00. The molecule has 1 unspecified atom stereocenters. The molecule has 0 fully saturated rings. The predicted octanol–water partition coefficient (Wildman–Crippen LogP) is 2.58. The van der Waals surface area contributed by atoms with Crippen LogP contribution in [0.3, 0.4) is 0 Å². The molecule has 78 valence electrons. The molecule has 0 spiro atoms. The lowest BCUT2D eigenvalue weighted by atomic mass is 10.2. The van der Waals surface area contributed by atoms with E-state index in [0.717, 1.165) is 12.0 Å². The molecule has 2 N–H and O–H groups in total. The van der Waals surface area contributed by atoms with Crippen LogP contribution in [-0.2, 0) is 16.6 Å². The second-order valence-electron chi connectivity index (χ2n) is 3.10. The highest BCUT2D eigenvalue weighted by atomic mass is 35.5. The Bertz CT molecular complexity index is 321. The Labute approximate surface area is 91.9 Å². The molecule has 2 nitrogen and oxygen atoms in total. The first-order chi connectivity index (χ1) is 6.65. The fourth-order valence-corrected chi connectivity index (χ4v) is 2.76. The van der Waals surface area contributed by atoms with E-state index in [1.807, 2.05) is 6.92 Å². The molecule has 0 amide bonds. The van der Waals surface area contributed by atoms with E-state index in [2.05, 4.69) is 0 Å². The smallest absolute Gasteiger partial charge is 0.0520 e. The molecule has 1 aromatic carbocycles. The van der Waals surface area contributed by atoms with Crippen molar-refractivity contribution in [1.82, 2.24) is 0 Å². The van der Waals surface area contributed by atoms with Crippen LogP contribution in [0.2, 0.25) is 5.02 Å². The van der Waals surface area contributed by atoms with Crippen molar-refractivity contribution in [3.63, 3.8) is 0 Å². The number of benzene rings is 1. The van der Waals surface area contributed by atoms with Gasteiger partial charge in [0.05, 0.1) is 5.75 Å². The molecule has 1 aromatic rings. The first-order valence-corrected chi connectivity index (χ1v) is 6.39. The van der Waals surface area contributed by atoms with Crippen LogP contribution in [0.5, 0.6) is 0 Å². The zero-order valence-electron chi connectivity index (χ0n) is 8.13. The first-order valence-electron chi connectivity index (χ1n) is 4.53. The largest absolute Gasteiger partial charge is 0.398 e. The Balaban J connectivity index is 2.80. The molecule has 0 saturated heterocycles. The molecule has 0 radical (unpaired) electrons. The van der Waals surface area contributed by atoms with Gasteiger partial charge in [-0.1, -0.05) is 24.6 Å². The van der Waals surface area contributed by atoms with Gasteiger partial charge in [0.15, 0.2) is 0 Å². The number of halogens is 1. The van der Waals surface area contributed by atoms with Gasteiger partial charge in [0.1, 0.15) is 0 Å². The van der Waals surface area contributed by atoms with Crippen molar-refractivity contribution in [2.45, 2.75) is 19.1 Å². The van der Waals surface area contributed by atoms with Crippen molar-refractivity contribution in [1.29, 1.82) is 0 Å². The Hall–Kier alpha value is -0.540. The van der Waals surface area contributed by atoms with E-state index in [0.29, 0.717) is 22.2 Å². The third-order valence-corrected chi connectivity index (χ3v) is 3.72. The average molecular weight is 232 g/mol. The van der Waals surface area contributed by atoms with E-state index in [1.165, 1.54) is 0 Å². The van der Waals surface area contributed by atoms with Crippen LogP contribution < -0.4 is 5.73 Å². The molecule has 0 heterocycles. The van der Waals surface area contributed by atoms with Gasteiger partial charge in [-0.25, -0.2) is 0 Å². The predicted molar refractivity (Wildman–Crippen MR) is 62.9 cm³/mol. The highest BCUT2D eigenvalue weighted by molar-refractivity contribution is 7.84. The quantitative estimate of drug-likeness (QED) is 0.810. The third-order valence-electron chi connectivity index (χ3n) is 1.89. The summed E-state index contributed by atoms with van der Waals surface area (Å²) in [6.45, 7) is 2.01. The first kappa shape index (κ1) is 11.5. The van der Waals surface area contributed by atoms with Crippen LogP contribution in [0, 0.1) is 0 Å². The number of rotatable bonds is 4. The number of hydrogen-bond acceptors (Lipinski definition) is 2. The number of nitrogen functional groups attached to an aromatic ring is 1. The van der Waals surface area contributed by atoms with Gasteiger partial charge >= 0.3 is 0 Å². The van der Waals surface area contributed by atoms with Gasteiger partial charge in [-0.3, -0.25) is 4.21 Å². The van der Waals surface area contributed by atoms with E-state index in [-0.39, 0.29) is 0 Å². The summed E-state index contributed by atoms with van der Waals surface area (Å²) in [6, 6.07) is 5.35. The van der Waals surface area contributed by atoms with Crippen LogP contribution in [0.1, 0.15) is 18.9 Å². The molecule has 14 heavy (non-hydrogen) atoms. The maximum atomic E-state index is 11.5. The van der Waals surface area contributed by atoms with E-state index < -0.39 is 10.8 Å². The minimum atomic E-state index is -0.856. The highest BCUT2D eigenvalue weighted by Crippen LogP contribution is 2.23. The number of nitrogens with two attached hydrogens (primary N) is 1. The van der Waals surface area contributed by atoms with Gasteiger partial charge in [-0.15, -0.1) is 0 Å². The summed E-state index contributed by atoms with van der Waals surface area (Å²) >= 11 is 5.96. The minimum absolute atomic E-state index is 0.458. The van der Waals surface area contributed by atoms with Crippen molar-refractivity contribution in [3.8, 4) is 0 Å². The zero-order valence-corrected chi connectivity index (χ0v) is 9.70. The second-order valence-corrected chi connectivity index (χ2v) is 5.08. The van der Waals surface area contributed by atoms with E-state index in [1.54, 1.807) is 18.2 Å². The van der Waals surface area contributed by atoms with Crippen LogP contribution >= 0.6 is 11.6 Å². The van der Waals surface area contributed by atoms with E-state index in [9.17, 15) is 4.21 Å². The lowest BCUT2D eigenvalue weighted by Gasteiger charge is -2.06. The van der Waals surface area contributed by atoms with Crippen molar-refractivity contribution in [3.05, 3.63) is 28.8 Å². The standard InChI is InChI=1S/C10H14ClNOS/c1-2-6-14(13)7-8-9(11)4-3-5-10(8)12/h3-5H,2,6-7,12H2,1H3. The fraction of sp³-hybridized carbons (Fsp3) is 0.400. The van der Waals surface area contributed by atoms with Crippen LogP contribution in [0.4, 0.5) is 5.69 Å². The summed E-state index contributed by atoms with van der Waals surface area (Å²) in [5.41, 5.74) is 7.18. The highest BCUT2D eigenvalue weighted by Gasteiger charge is 2.07. The summed E-state index contributed by atoms with van der Waals surface area (Å²) in [4.78, 5) is 0. The fourth-order valence-electron chi connectivity index (χ4n) is 1.19. The van der Waals surface area contributed by atoms with Crippen molar-refractivity contribution >= 4 is 28.1 Å². The second kappa shape index (κ2) is 5.37. The molecule has 4 heteroatoms. The van der Waals surface area contributed by atoms with Gasteiger partial charge < -0.3 is 5.73 Å². The average Bonchev–Trinajstić information content (AvgIpc) is 2.12. The molecule has 1 rings (SSSR count). The SMILES string of the molecule is CCCS(=O)Cc1c(N)cccc1Cl. The van der Waals surface area contributed by atoms with Crippen molar-refractivity contribution in [2.24, 2.45) is 0 Å². The summed E-state index contributed by atoms with van der Waals surface area (Å²) in [6.07, 6.45) is 0.914. The minimum Gasteiger partial charge on any atom is -0.398 e. The molecule has 0 saturated carbocycles. The number of anilines is 1. The lowest BCUT2D eigenvalue weighted by molar-refractivity contribution is 0.681. The molecule has 0 bridgehead atoms.